The summed E-state index contributed by atoms with van der Waals surface area (Å²) in [6, 6.07) is 4.74. The van der Waals surface area contributed by atoms with Gasteiger partial charge in [-0.05, 0) is 30.5 Å². The summed E-state index contributed by atoms with van der Waals surface area (Å²) >= 11 is 5.94. The number of Topliss-reactive ketones (excluding diaryl/α,β-unsaturated/α-hetero) is 1. The molecule has 0 bridgehead atoms. The van der Waals surface area contributed by atoms with Crippen molar-refractivity contribution in [2.75, 3.05) is 17.2 Å². The van der Waals surface area contributed by atoms with Crippen LogP contribution in [0.3, 0.4) is 0 Å². The average Bonchev–Trinajstić information content (AvgIpc) is 2.61. The maximum Gasteiger partial charge on any atom is 0.164 e. The zero-order valence-corrected chi connectivity index (χ0v) is 11.3. The van der Waals surface area contributed by atoms with Gasteiger partial charge in [-0.2, -0.15) is 0 Å². The molecule has 1 unspecified atom stereocenters. The maximum atomic E-state index is 12.0. The number of carbonyl (C=O) groups is 1. The molecule has 2 N–H and O–H groups in total. The number of hydrogen-bond donors (Lipinski definition) is 1. The molecule has 1 aliphatic rings. The first-order valence-corrected chi connectivity index (χ1v) is 7.86. The molecule has 98 valence electrons. The number of ketones is 1. The van der Waals surface area contributed by atoms with Crippen LogP contribution in [0.1, 0.15) is 23.2 Å². The van der Waals surface area contributed by atoms with E-state index in [9.17, 15) is 13.2 Å². The molecule has 1 aromatic carbocycles. The molecule has 0 saturated carbocycles. The van der Waals surface area contributed by atoms with Gasteiger partial charge in [0, 0.05) is 17.7 Å². The lowest BCUT2D eigenvalue weighted by atomic mass is 9.97. The summed E-state index contributed by atoms with van der Waals surface area (Å²) in [7, 11) is -2.95. The number of sulfone groups is 1. The maximum absolute atomic E-state index is 12.0. The van der Waals surface area contributed by atoms with E-state index in [1.807, 2.05) is 0 Å². The number of nitrogens with two attached hydrogens (primary N) is 1. The standard InChI is InChI=1S/C12H14ClNO3S/c13-11-2-1-9(14)6-10(11)12(15)5-8-3-4-18(16,17)7-8/h1-2,6,8H,3-5,7,14H2. The van der Waals surface area contributed by atoms with Crippen molar-refractivity contribution in [2.45, 2.75) is 12.8 Å². The van der Waals surface area contributed by atoms with Crippen LogP contribution in [-0.2, 0) is 9.84 Å². The first-order valence-electron chi connectivity index (χ1n) is 5.66. The van der Waals surface area contributed by atoms with E-state index < -0.39 is 9.84 Å². The second-order valence-corrected chi connectivity index (χ2v) is 7.27. The summed E-state index contributed by atoms with van der Waals surface area (Å²) < 4.78 is 22.6. The van der Waals surface area contributed by atoms with Crippen molar-refractivity contribution in [1.82, 2.24) is 0 Å². The zero-order chi connectivity index (χ0) is 13.3. The number of nitrogen functional groups attached to an aromatic ring is 1. The van der Waals surface area contributed by atoms with Crippen molar-refractivity contribution in [2.24, 2.45) is 5.92 Å². The largest absolute Gasteiger partial charge is 0.399 e. The molecular formula is C12H14ClNO3S. The topological polar surface area (TPSA) is 77.2 Å². The number of carbonyl (C=O) groups excluding carboxylic acids is 1. The van der Waals surface area contributed by atoms with Gasteiger partial charge >= 0.3 is 0 Å². The van der Waals surface area contributed by atoms with Gasteiger partial charge in [0.1, 0.15) is 0 Å². The van der Waals surface area contributed by atoms with E-state index >= 15 is 0 Å². The Morgan fingerprint density at radius 1 is 1.44 bits per heavy atom. The fourth-order valence-corrected chi connectivity index (χ4v) is 4.25. The number of rotatable bonds is 3. The lowest BCUT2D eigenvalue weighted by Gasteiger charge is -2.08. The van der Waals surface area contributed by atoms with E-state index in [-0.39, 0.29) is 29.6 Å². The van der Waals surface area contributed by atoms with Crippen molar-refractivity contribution in [3.05, 3.63) is 28.8 Å². The normalized spacial score (nSPS) is 21.9. The van der Waals surface area contributed by atoms with Gasteiger partial charge in [-0.1, -0.05) is 11.6 Å². The smallest absolute Gasteiger partial charge is 0.164 e. The SMILES string of the molecule is Nc1ccc(Cl)c(C(=O)CC2CCS(=O)(=O)C2)c1. The van der Waals surface area contributed by atoms with Gasteiger partial charge in [0.15, 0.2) is 15.6 Å². The molecule has 1 aliphatic heterocycles. The van der Waals surface area contributed by atoms with Gasteiger partial charge < -0.3 is 5.73 Å². The lowest BCUT2D eigenvalue weighted by molar-refractivity contribution is 0.0966. The Balaban J connectivity index is 2.11. The van der Waals surface area contributed by atoms with Crippen LogP contribution in [0.2, 0.25) is 5.02 Å². The minimum Gasteiger partial charge on any atom is -0.399 e. The third-order valence-electron chi connectivity index (χ3n) is 3.09. The van der Waals surface area contributed by atoms with Crippen molar-refractivity contribution in [3.63, 3.8) is 0 Å². The predicted molar refractivity (Wildman–Crippen MR) is 71.6 cm³/mol. The predicted octanol–water partition coefficient (Wildman–Crippen LogP) is 1.93. The Morgan fingerprint density at radius 2 is 2.17 bits per heavy atom. The van der Waals surface area contributed by atoms with Crippen LogP contribution in [0, 0.1) is 5.92 Å². The third kappa shape index (κ3) is 3.03. The molecule has 1 aromatic rings. The van der Waals surface area contributed by atoms with Crippen LogP contribution >= 0.6 is 11.6 Å². The van der Waals surface area contributed by atoms with Crippen molar-refractivity contribution in [1.29, 1.82) is 0 Å². The summed E-state index contributed by atoms with van der Waals surface area (Å²) in [4.78, 5) is 12.0. The molecule has 4 nitrogen and oxygen atoms in total. The molecule has 1 saturated heterocycles. The Hall–Kier alpha value is -1.07. The van der Waals surface area contributed by atoms with Crippen molar-refractivity contribution in [3.8, 4) is 0 Å². The van der Waals surface area contributed by atoms with Gasteiger partial charge in [0.05, 0.1) is 16.5 Å². The lowest BCUT2D eigenvalue weighted by Crippen LogP contribution is -2.11. The van der Waals surface area contributed by atoms with E-state index in [2.05, 4.69) is 0 Å². The Morgan fingerprint density at radius 3 is 2.78 bits per heavy atom. The first-order chi connectivity index (χ1) is 8.37. The monoisotopic (exact) mass is 287 g/mol. The van der Waals surface area contributed by atoms with Crippen molar-refractivity contribution < 1.29 is 13.2 Å². The molecule has 1 heterocycles. The van der Waals surface area contributed by atoms with Crippen LogP contribution in [-0.4, -0.2) is 25.7 Å². The van der Waals surface area contributed by atoms with Crippen LogP contribution in [0.25, 0.3) is 0 Å². The highest BCUT2D eigenvalue weighted by Crippen LogP contribution is 2.26. The minimum atomic E-state index is -2.95. The molecule has 0 aliphatic carbocycles. The minimum absolute atomic E-state index is 0.0959. The molecule has 1 atom stereocenters. The molecule has 0 aromatic heterocycles. The summed E-state index contributed by atoms with van der Waals surface area (Å²) in [5.74, 6) is 0.0308. The van der Waals surface area contributed by atoms with E-state index in [0.29, 0.717) is 22.7 Å². The highest BCUT2D eigenvalue weighted by atomic mass is 35.5. The molecule has 2 rings (SSSR count). The fourth-order valence-electron chi connectivity index (χ4n) is 2.16. The van der Waals surface area contributed by atoms with Gasteiger partial charge in [0.2, 0.25) is 0 Å². The highest BCUT2D eigenvalue weighted by Gasteiger charge is 2.30. The summed E-state index contributed by atoms with van der Waals surface area (Å²) in [6.07, 6.45) is 0.760. The molecular weight excluding hydrogens is 274 g/mol. The second-order valence-electron chi connectivity index (χ2n) is 4.64. The van der Waals surface area contributed by atoms with Gasteiger partial charge in [-0.15, -0.1) is 0 Å². The van der Waals surface area contributed by atoms with Crippen LogP contribution in [0.4, 0.5) is 5.69 Å². The van der Waals surface area contributed by atoms with Gasteiger partial charge in [-0.25, -0.2) is 8.42 Å². The number of hydrogen-bond acceptors (Lipinski definition) is 4. The van der Waals surface area contributed by atoms with E-state index in [1.165, 1.54) is 6.07 Å². The molecule has 0 spiro atoms. The highest BCUT2D eigenvalue weighted by molar-refractivity contribution is 7.91. The molecule has 0 radical (unpaired) electrons. The van der Waals surface area contributed by atoms with Gasteiger partial charge in [-0.3, -0.25) is 4.79 Å². The summed E-state index contributed by atoms with van der Waals surface area (Å²) in [6.45, 7) is 0. The fraction of sp³-hybridized carbons (Fsp3) is 0.417. The Bertz CT molecular complexity index is 583. The summed E-state index contributed by atoms with van der Waals surface area (Å²) in [5.41, 5.74) is 6.46. The molecule has 1 fully saturated rings. The van der Waals surface area contributed by atoms with E-state index in [1.54, 1.807) is 12.1 Å². The number of anilines is 1. The van der Waals surface area contributed by atoms with E-state index in [0.717, 1.165) is 0 Å². The van der Waals surface area contributed by atoms with Crippen LogP contribution in [0.5, 0.6) is 0 Å². The van der Waals surface area contributed by atoms with Crippen molar-refractivity contribution >= 4 is 32.9 Å². The zero-order valence-electron chi connectivity index (χ0n) is 9.73. The summed E-state index contributed by atoms with van der Waals surface area (Å²) in [5, 5.41) is 0.357. The number of benzene rings is 1. The molecule has 6 heteroatoms. The van der Waals surface area contributed by atoms with E-state index in [4.69, 9.17) is 17.3 Å². The molecule has 0 amide bonds. The van der Waals surface area contributed by atoms with Crippen LogP contribution < -0.4 is 5.73 Å². The molecule has 18 heavy (non-hydrogen) atoms. The van der Waals surface area contributed by atoms with Gasteiger partial charge in [0.25, 0.3) is 0 Å². The first kappa shape index (κ1) is 13.4. The third-order valence-corrected chi connectivity index (χ3v) is 5.26. The average molecular weight is 288 g/mol. The second kappa shape index (κ2) is 4.90. The number of halogens is 1. The Labute approximate surface area is 111 Å². The quantitative estimate of drug-likeness (QED) is 0.681. The van der Waals surface area contributed by atoms with Crippen LogP contribution in [0.15, 0.2) is 18.2 Å². The Kier molecular flexibility index (Phi) is 3.64.